The molecule has 1 aromatic carbocycles. The number of aryl methyl sites for hydroxylation is 1. The van der Waals surface area contributed by atoms with E-state index in [1.807, 2.05) is 19.1 Å². The second-order valence-corrected chi connectivity index (χ2v) is 2.44. The first-order valence-electron chi connectivity index (χ1n) is 3.46. The molecular formula is C10H12. The zero-order valence-electron chi connectivity index (χ0n) is 6.52. The normalized spacial score (nSPS) is 12.0. The Morgan fingerprint density at radius 1 is 1.40 bits per heavy atom. The fraction of sp³-hybridized carbons (Fsp3) is 0.200. The van der Waals surface area contributed by atoms with Gasteiger partial charge < -0.3 is 0 Å². The highest BCUT2D eigenvalue weighted by Crippen LogP contribution is 1.82. The molecule has 0 unspecified atom stereocenters. The Hall–Kier alpha value is -1.04. The number of benzene rings is 1. The van der Waals surface area contributed by atoms with E-state index in [0.29, 0.717) is 0 Å². The summed E-state index contributed by atoms with van der Waals surface area (Å²) >= 11 is 0. The van der Waals surface area contributed by atoms with E-state index in [0.717, 1.165) is 5.22 Å². The molecule has 0 bridgehead atoms. The van der Waals surface area contributed by atoms with Gasteiger partial charge in [0.05, 0.1) is 0 Å². The summed E-state index contributed by atoms with van der Waals surface area (Å²) in [4.78, 5) is 0. The lowest BCUT2D eigenvalue weighted by Gasteiger charge is -1.92. The van der Waals surface area contributed by atoms with Crippen molar-refractivity contribution >= 4 is 12.7 Å². The molecule has 0 fully saturated rings. The molecule has 0 aliphatic rings. The lowest BCUT2D eigenvalue weighted by Crippen LogP contribution is -2.24. The van der Waals surface area contributed by atoms with Gasteiger partial charge >= 0.3 is 0 Å². The summed E-state index contributed by atoms with van der Waals surface area (Å²) in [5.74, 6) is 0. The van der Waals surface area contributed by atoms with Crippen molar-refractivity contribution < 1.29 is 0 Å². The van der Waals surface area contributed by atoms with Crippen molar-refractivity contribution in [1.82, 2.24) is 0 Å². The standard InChI is InChI=1S/C10H12/c1-4-10-8(2)6-5-7-9(10)3/h4-7H,2H2,1,3H3/b10-4+. The van der Waals surface area contributed by atoms with Crippen LogP contribution >= 0.6 is 0 Å². The molecule has 0 saturated carbocycles. The highest BCUT2D eigenvalue weighted by Gasteiger charge is 1.84. The van der Waals surface area contributed by atoms with Crippen LogP contribution in [-0.2, 0) is 0 Å². The van der Waals surface area contributed by atoms with Crippen LogP contribution < -0.4 is 10.4 Å². The van der Waals surface area contributed by atoms with Crippen LogP contribution in [-0.4, -0.2) is 0 Å². The van der Waals surface area contributed by atoms with Gasteiger partial charge in [-0.2, -0.15) is 0 Å². The number of rotatable bonds is 0. The van der Waals surface area contributed by atoms with Gasteiger partial charge in [0.1, 0.15) is 0 Å². The summed E-state index contributed by atoms with van der Waals surface area (Å²) in [7, 11) is 0. The lowest BCUT2D eigenvalue weighted by atomic mass is 10.1. The Morgan fingerprint density at radius 2 is 2.10 bits per heavy atom. The highest BCUT2D eigenvalue weighted by molar-refractivity contribution is 5.29. The van der Waals surface area contributed by atoms with Crippen LogP contribution in [0, 0.1) is 6.92 Å². The fourth-order valence-corrected chi connectivity index (χ4v) is 1.15. The van der Waals surface area contributed by atoms with E-state index >= 15 is 0 Å². The Balaban J connectivity index is 3.63. The van der Waals surface area contributed by atoms with Gasteiger partial charge in [-0.1, -0.05) is 30.9 Å². The zero-order valence-corrected chi connectivity index (χ0v) is 6.52. The zero-order chi connectivity index (χ0) is 7.56. The van der Waals surface area contributed by atoms with Gasteiger partial charge in [-0.15, -0.1) is 0 Å². The Morgan fingerprint density at radius 3 is 2.50 bits per heavy atom. The number of hydrogen-bond acceptors (Lipinski definition) is 0. The molecule has 0 nitrogen and oxygen atoms in total. The molecule has 1 rings (SSSR count). The van der Waals surface area contributed by atoms with Crippen molar-refractivity contribution in [3.8, 4) is 0 Å². The van der Waals surface area contributed by atoms with Gasteiger partial charge in [-0.05, 0) is 29.8 Å². The summed E-state index contributed by atoms with van der Waals surface area (Å²) in [5.41, 5.74) is 1.30. The van der Waals surface area contributed by atoms with Gasteiger partial charge in [0, 0.05) is 0 Å². The van der Waals surface area contributed by atoms with Crippen LogP contribution in [0.5, 0.6) is 0 Å². The third-order valence-corrected chi connectivity index (χ3v) is 1.70. The minimum atomic E-state index is 1.11. The molecule has 0 aliphatic carbocycles. The van der Waals surface area contributed by atoms with E-state index in [1.165, 1.54) is 10.8 Å². The van der Waals surface area contributed by atoms with Crippen LogP contribution in [0.2, 0.25) is 0 Å². The molecule has 0 aromatic heterocycles. The van der Waals surface area contributed by atoms with E-state index in [1.54, 1.807) is 0 Å². The molecule has 10 heavy (non-hydrogen) atoms. The average molecular weight is 132 g/mol. The summed E-state index contributed by atoms with van der Waals surface area (Å²) < 4.78 is 0. The SMILES string of the molecule is C=c1cccc(C)/c1=C/C. The predicted octanol–water partition coefficient (Wildman–Crippen LogP) is 1.21. The highest BCUT2D eigenvalue weighted by atomic mass is 13.9. The monoisotopic (exact) mass is 132 g/mol. The second kappa shape index (κ2) is 2.70. The van der Waals surface area contributed by atoms with E-state index in [-0.39, 0.29) is 0 Å². The van der Waals surface area contributed by atoms with E-state index < -0.39 is 0 Å². The minimum absolute atomic E-state index is 1.11. The maximum atomic E-state index is 3.92. The van der Waals surface area contributed by atoms with E-state index in [9.17, 15) is 0 Å². The van der Waals surface area contributed by atoms with Gasteiger partial charge in [0.15, 0.2) is 0 Å². The molecule has 0 atom stereocenters. The molecule has 0 radical (unpaired) electrons. The first-order chi connectivity index (χ1) is 4.75. The van der Waals surface area contributed by atoms with E-state index in [2.05, 4.69) is 25.6 Å². The molecule has 0 saturated heterocycles. The van der Waals surface area contributed by atoms with Crippen LogP contribution in [0.15, 0.2) is 18.2 Å². The Kier molecular flexibility index (Phi) is 1.91. The summed E-state index contributed by atoms with van der Waals surface area (Å²) in [5, 5.41) is 2.38. The molecule has 0 spiro atoms. The van der Waals surface area contributed by atoms with Gasteiger partial charge in [-0.3, -0.25) is 0 Å². The molecule has 0 amide bonds. The maximum absolute atomic E-state index is 3.92. The van der Waals surface area contributed by atoms with Gasteiger partial charge in [-0.25, -0.2) is 0 Å². The largest absolute Gasteiger partial charge is 0.0912 e. The predicted molar refractivity (Wildman–Crippen MR) is 46.1 cm³/mol. The van der Waals surface area contributed by atoms with Crippen LogP contribution in [0.1, 0.15) is 12.5 Å². The summed E-state index contributed by atoms with van der Waals surface area (Å²) in [6.07, 6.45) is 2.09. The van der Waals surface area contributed by atoms with Crippen molar-refractivity contribution in [2.75, 3.05) is 0 Å². The smallest absolute Gasteiger partial charge is 0.0203 e. The quantitative estimate of drug-likeness (QED) is 0.497. The third kappa shape index (κ3) is 1.10. The molecular weight excluding hydrogens is 120 g/mol. The van der Waals surface area contributed by atoms with Crippen LogP contribution in [0.25, 0.3) is 12.7 Å². The first kappa shape index (κ1) is 7.07. The second-order valence-electron chi connectivity index (χ2n) is 2.44. The average Bonchev–Trinajstić information content (AvgIpc) is 1.88. The maximum Gasteiger partial charge on any atom is -0.0203 e. The molecule has 0 aliphatic heterocycles. The van der Waals surface area contributed by atoms with Crippen LogP contribution in [0.4, 0.5) is 0 Å². The van der Waals surface area contributed by atoms with Crippen molar-refractivity contribution in [3.63, 3.8) is 0 Å². The van der Waals surface area contributed by atoms with Crippen molar-refractivity contribution in [2.24, 2.45) is 0 Å². The molecule has 0 heteroatoms. The molecule has 0 N–H and O–H groups in total. The van der Waals surface area contributed by atoms with E-state index in [4.69, 9.17) is 0 Å². The number of hydrogen-bond donors (Lipinski definition) is 0. The Labute approximate surface area is 61.5 Å². The summed E-state index contributed by atoms with van der Waals surface area (Å²) in [6.45, 7) is 8.06. The third-order valence-electron chi connectivity index (χ3n) is 1.70. The first-order valence-corrected chi connectivity index (χ1v) is 3.46. The van der Waals surface area contributed by atoms with Crippen LogP contribution in [0.3, 0.4) is 0 Å². The fourth-order valence-electron chi connectivity index (χ4n) is 1.15. The topological polar surface area (TPSA) is 0 Å². The van der Waals surface area contributed by atoms with Crippen molar-refractivity contribution in [3.05, 3.63) is 34.2 Å². The van der Waals surface area contributed by atoms with Gasteiger partial charge in [0.2, 0.25) is 0 Å². The van der Waals surface area contributed by atoms with Gasteiger partial charge in [0.25, 0.3) is 0 Å². The van der Waals surface area contributed by atoms with Crippen molar-refractivity contribution in [2.45, 2.75) is 13.8 Å². The van der Waals surface area contributed by atoms with Crippen molar-refractivity contribution in [1.29, 1.82) is 0 Å². The lowest BCUT2D eigenvalue weighted by molar-refractivity contribution is 1.37. The Bertz CT molecular complexity index is 320. The molecule has 0 heterocycles. The minimum Gasteiger partial charge on any atom is -0.0912 e. The molecule has 52 valence electrons. The molecule has 1 aromatic rings. The summed E-state index contributed by atoms with van der Waals surface area (Å²) in [6, 6.07) is 6.16.